The van der Waals surface area contributed by atoms with Gasteiger partial charge in [0.2, 0.25) is 0 Å². The molecule has 9 heteroatoms. The molecule has 0 bridgehead atoms. The van der Waals surface area contributed by atoms with E-state index in [0.29, 0.717) is 17.5 Å². The highest BCUT2D eigenvalue weighted by atomic mass is 35.5. The van der Waals surface area contributed by atoms with E-state index in [1.165, 1.54) is 30.3 Å². The van der Waals surface area contributed by atoms with Crippen molar-refractivity contribution in [3.8, 4) is 0 Å². The Labute approximate surface area is 160 Å². The van der Waals surface area contributed by atoms with E-state index >= 15 is 0 Å². The highest BCUT2D eigenvalue weighted by Crippen LogP contribution is 2.57. The fraction of sp³-hybridized carbons (Fsp3) is 0.188. The fourth-order valence-electron chi connectivity index (χ4n) is 2.52. The minimum atomic E-state index is -4.61. The molecular formula is C16H8Cl3F4NS. The summed E-state index contributed by atoms with van der Waals surface area (Å²) in [5, 5.41) is 0.0236. The quantitative estimate of drug-likeness (QED) is 0.367. The Morgan fingerprint density at radius 3 is 2.20 bits per heavy atom. The van der Waals surface area contributed by atoms with E-state index in [0.717, 1.165) is 6.07 Å². The van der Waals surface area contributed by atoms with E-state index in [-0.39, 0.29) is 26.3 Å². The largest absolute Gasteiger partial charge is 0.409 e. The zero-order valence-corrected chi connectivity index (χ0v) is 15.3. The lowest BCUT2D eigenvalue weighted by Gasteiger charge is -2.30. The lowest BCUT2D eigenvalue weighted by atomic mass is 9.89. The van der Waals surface area contributed by atoms with Crippen LogP contribution in [0.4, 0.5) is 17.6 Å². The van der Waals surface area contributed by atoms with Gasteiger partial charge in [0.25, 0.3) is 0 Å². The molecule has 1 nitrogen and oxygen atoms in total. The third-order valence-electron chi connectivity index (χ3n) is 3.77. The molecule has 1 atom stereocenters. The van der Waals surface area contributed by atoms with Crippen LogP contribution in [0.1, 0.15) is 17.5 Å². The number of hydrogen-bond acceptors (Lipinski definition) is 2. The van der Waals surface area contributed by atoms with Crippen molar-refractivity contribution < 1.29 is 17.6 Å². The number of hydrogen-bond donors (Lipinski definition) is 0. The molecule has 1 unspecified atom stereocenters. The van der Waals surface area contributed by atoms with Gasteiger partial charge >= 0.3 is 6.18 Å². The molecule has 0 N–H and O–H groups in total. The second kappa shape index (κ2) is 6.65. The number of nitrogens with zero attached hydrogens (tertiary/aromatic N) is 1. The summed E-state index contributed by atoms with van der Waals surface area (Å²) in [4.78, 5) is 0. The summed E-state index contributed by atoms with van der Waals surface area (Å²) in [5.74, 6) is -0.652. The van der Waals surface area contributed by atoms with Gasteiger partial charge in [-0.25, -0.2) is 8.79 Å². The van der Waals surface area contributed by atoms with E-state index in [1.807, 2.05) is 0 Å². The summed E-state index contributed by atoms with van der Waals surface area (Å²) in [5.41, 5.74) is 0.410. The van der Waals surface area contributed by atoms with Gasteiger partial charge in [-0.1, -0.05) is 40.9 Å². The van der Waals surface area contributed by atoms with Crippen LogP contribution in [0.2, 0.25) is 15.1 Å². The van der Waals surface area contributed by atoms with Gasteiger partial charge in [-0.15, -0.1) is 0 Å². The normalized spacial score (nSPS) is 20.7. The van der Waals surface area contributed by atoms with Gasteiger partial charge in [-0.2, -0.15) is 13.2 Å². The molecule has 3 rings (SSSR count). The van der Waals surface area contributed by atoms with E-state index in [9.17, 15) is 17.6 Å². The molecular weight excluding hydrogens is 421 g/mol. The Balaban J connectivity index is 2.04. The third-order valence-corrected chi connectivity index (χ3v) is 5.73. The Hall–Kier alpha value is -0.950. The second-order valence-corrected chi connectivity index (χ2v) is 7.76. The summed E-state index contributed by atoms with van der Waals surface area (Å²) >= 11 is 17.9. The number of halogens is 7. The van der Waals surface area contributed by atoms with Crippen molar-refractivity contribution >= 4 is 52.5 Å². The molecule has 0 fully saturated rings. The van der Waals surface area contributed by atoms with Crippen molar-refractivity contribution in [2.75, 3.05) is 0 Å². The monoisotopic (exact) mass is 427 g/mol. The first kappa shape index (κ1) is 18.8. The van der Waals surface area contributed by atoms with Crippen LogP contribution in [0.5, 0.6) is 0 Å². The third kappa shape index (κ3) is 3.50. The van der Waals surface area contributed by atoms with Crippen LogP contribution in [0.3, 0.4) is 0 Å². The minimum absolute atomic E-state index is 0.0885. The van der Waals surface area contributed by atoms with E-state index in [1.54, 1.807) is 0 Å². The fourth-order valence-corrected chi connectivity index (χ4v) is 4.19. The highest BCUT2D eigenvalue weighted by molar-refractivity contribution is 7.99. The van der Waals surface area contributed by atoms with Crippen molar-refractivity contribution in [2.45, 2.75) is 17.3 Å². The summed E-state index contributed by atoms with van der Waals surface area (Å²) < 4.78 is 56.7. The molecule has 0 amide bonds. The molecule has 0 saturated heterocycles. The molecule has 2 aromatic rings. The van der Waals surface area contributed by atoms with Crippen LogP contribution in [-0.4, -0.2) is 11.9 Å². The average molecular weight is 429 g/mol. The van der Waals surface area contributed by atoms with Crippen molar-refractivity contribution in [3.63, 3.8) is 0 Å². The zero-order chi connectivity index (χ0) is 18.4. The van der Waals surface area contributed by atoms with Crippen LogP contribution in [0.15, 0.2) is 40.8 Å². The molecule has 0 saturated carbocycles. The van der Waals surface area contributed by atoms with E-state index in [2.05, 4.69) is 4.40 Å². The van der Waals surface area contributed by atoms with Crippen LogP contribution < -0.4 is 0 Å². The summed E-state index contributed by atoms with van der Waals surface area (Å²) in [6, 6.07) is 7.51. The highest BCUT2D eigenvalue weighted by Gasteiger charge is 2.60. The molecule has 2 aromatic carbocycles. The van der Waals surface area contributed by atoms with Gasteiger partial charge in [0, 0.05) is 16.5 Å². The molecule has 0 radical (unpaired) electrons. The molecule has 25 heavy (non-hydrogen) atoms. The van der Waals surface area contributed by atoms with Gasteiger partial charge in [0.15, 0.2) is 4.75 Å². The maximum atomic E-state index is 13.9. The molecule has 1 heterocycles. The first-order chi connectivity index (χ1) is 11.6. The second-order valence-electron chi connectivity index (χ2n) is 5.42. The number of alkyl halides is 3. The Morgan fingerprint density at radius 1 is 1.00 bits per heavy atom. The van der Waals surface area contributed by atoms with Gasteiger partial charge in [0.05, 0.1) is 10.7 Å². The maximum absolute atomic E-state index is 13.9. The molecule has 1 aliphatic rings. The lowest BCUT2D eigenvalue weighted by molar-refractivity contribution is -0.159. The number of rotatable bonds is 2. The zero-order valence-electron chi connectivity index (χ0n) is 12.2. The predicted octanol–water partition coefficient (Wildman–Crippen LogP) is 7.08. The van der Waals surface area contributed by atoms with Crippen molar-refractivity contribution in [2.24, 2.45) is 4.40 Å². The first-order valence-electron chi connectivity index (χ1n) is 6.86. The van der Waals surface area contributed by atoms with E-state index in [4.69, 9.17) is 34.8 Å². The Bertz CT molecular complexity index is 849. The molecule has 0 aromatic heterocycles. The summed E-state index contributed by atoms with van der Waals surface area (Å²) in [7, 11) is 0. The topological polar surface area (TPSA) is 12.4 Å². The van der Waals surface area contributed by atoms with Crippen LogP contribution in [0.25, 0.3) is 0 Å². The predicted molar refractivity (Wildman–Crippen MR) is 94.4 cm³/mol. The van der Waals surface area contributed by atoms with Crippen LogP contribution in [0, 0.1) is 5.82 Å². The van der Waals surface area contributed by atoms with Crippen LogP contribution >= 0.6 is 46.8 Å². The maximum Gasteiger partial charge on any atom is 0.409 e. The van der Waals surface area contributed by atoms with Gasteiger partial charge in [0.1, 0.15) is 5.82 Å². The van der Waals surface area contributed by atoms with Crippen LogP contribution in [-0.2, 0) is 4.75 Å². The molecule has 132 valence electrons. The average Bonchev–Trinajstić information content (AvgIpc) is 2.95. The van der Waals surface area contributed by atoms with Crippen molar-refractivity contribution in [3.05, 3.63) is 68.4 Å². The standard InChI is InChI=1S/C16H8Cl3F4NS/c17-10-4-9(5-11(18)6-10)15(16(21,22)23)7-14(24-25-15)8-1-2-13(20)12(19)3-8/h1-6H,7H2. The number of benzene rings is 2. The first-order valence-corrected chi connectivity index (χ1v) is 8.77. The lowest BCUT2D eigenvalue weighted by Crippen LogP contribution is -2.38. The SMILES string of the molecule is Fc1ccc(C2=NSC(c3cc(Cl)cc(Cl)c3)(C(F)(F)F)C2)cc1Cl. The van der Waals surface area contributed by atoms with Crippen molar-refractivity contribution in [1.29, 1.82) is 0 Å². The molecule has 0 spiro atoms. The minimum Gasteiger partial charge on any atom is -0.219 e. The van der Waals surface area contributed by atoms with Gasteiger partial charge < -0.3 is 0 Å². The summed E-state index contributed by atoms with van der Waals surface area (Å²) in [6.45, 7) is 0. The van der Waals surface area contributed by atoms with Gasteiger partial charge in [-0.3, -0.25) is 0 Å². The molecule has 1 aliphatic heterocycles. The smallest absolute Gasteiger partial charge is 0.219 e. The Kier molecular flexibility index (Phi) is 5.01. The van der Waals surface area contributed by atoms with Gasteiger partial charge in [-0.05, 0) is 53.4 Å². The van der Waals surface area contributed by atoms with E-state index < -0.39 is 23.2 Å². The Morgan fingerprint density at radius 2 is 1.64 bits per heavy atom. The van der Waals surface area contributed by atoms with Crippen molar-refractivity contribution in [1.82, 2.24) is 0 Å². The summed E-state index contributed by atoms with van der Waals surface area (Å²) in [6.07, 6.45) is -5.06. The molecule has 0 aliphatic carbocycles.